The number of carboxylic acids is 1. The van der Waals surface area contributed by atoms with Crippen molar-refractivity contribution in [2.75, 3.05) is 11.4 Å². The van der Waals surface area contributed by atoms with E-state index >= 15 is 0 Å². The van der Waals surface area contributed by atoms with Crippen molar-refractivity contribution in [3.63, 3.8) is 0 Å². The minimum absolute atomic E-state index is 0.137. The molecular weight excluding hydrogens is 284 g/mol. The van der Waals surface area contributed by atoms with Gasteiger partial charge in [-0.25, -0.2) is 0 Å². The summed E-state index contributed by atoms with van der Waals surface area (Å²) < 4.78 is 0. The van der Waals surface area contributed by atoms with Gasteiger partial charge in [-0.2, -0.15) is 0 Å². The molecule has 0 atom stereocenters. The summed E-state index contributed by atoms with van der Waals surface area (Å²) in [7, 11) is 0. The van der Waals surface area contributed by atoms with Gasteiger partial charge in [0.1, 0.15) is 5.41 Å². The highest BCUT2D eigenvalue weighted by Gasteiger charge is 2.56. The lowest BCUT2D eigenvalue weighted by Crippen LogP contribution is -2.36. The molecule has 0 radical (unpaired) electrons. The van der Waals surface area contributed by atoms with Crippen molar-refractivity contribution < 1.29 is 19.5 Å². The summed E-state index contributed by atoms with van der Waals surface area (Å²) in [6.07, 6.45) is 2.29. The number of rotatable bonds is 5. The van der Waals surface area contributed by atoms with Crippen LogP contribution in [0.2, 0.25) is 0 Å². The van der Waals surface area contributed by atoms with Crippen molar-refractivity contribution in [3.05, 3.63) is 29.8 Å². The number of hydrogen-bond acceptors (Lipinski definition) is 3. The first-order chi connectivity index (χ1) is 10.5. The minimum atomic E-state index is -1.21. The maximum absolute atomic E-state index is 11.9. The third-order valence-corrected chi connectivity index (χ3v) is 4.37. The summed E-state index contributed by atoms with van der Waals surface area (Å²) in [6, 6.07) is 7.41. The van der Waals surface area contributed by atoms with E-state index in [0.29, 0.717) is 25.8 Å². The number of hydrogen-bond donors (Lipinski definition) is 2. The average Bonchev–Trinajstić information content (AvgIpc) is 3.23. The molecule has 1 aromatic rings. The first-order valence-electron chi connectivity index (χ1n) is 7.44. The highest BCUT2D eigenvalue weighted by molar-refractivity contribution is 6.04. The summed E-state index contributed by atoms with van der Waals surface area (Å²) in [5.74, 6) is -1.33. The largest absolute Gasteiger partial charge is 0.480 e. The number of amides is 2. The standard InChI is InChI=1S/C16H18N2O4/c19-13-2-1-9-18(13)12-5-3-11(4-6-12)10-17-14(20)16(7-8-16)15(21)22/h3-6H,1-2,7-10H2,(H,17,20)(H,21,22). The highest BCUT2D eigenvalue weighted by atomic mass is 16.4. The Morgan fingerprint density at radius 3 is 2.41 bits per heavy atom. The zero-order chi connectivity index (χ0) is 15.7. The predicted molar refractivity (Wildman–Crippen MR) is 79.2 cm³/mol. The maximum Gasteiger partial charge on any atom is 0.319 e. The quantitative estimate of drug-likeness (QED) is 0.803. The second kappa shape index (κ2) is 5.44. The number of carbonyl (C=O) groups excluding carboxylic acids is 2. The van der Waals surface area contributed by atoms with Gasteiger partial charge in [-0.3, -0.25) is 14.4 Å². The van der Waals surface area contributed by atoms with Crippen LogP contribution in [0.3, 0.4) is 0 Å². The summed E-state index contributed by atoms with van der Waals surface area (Å²) in [5, 5.41) is 11.7. The fourth-order valence-electron chi connectivity index (χ4n) is 2.73. The van der Waals surface area contributed by atoms with Crippen LogP contribution in [0.1, 0.15) is 31.2 Å². The van der Waals surface area contributed by atoms with E-state index in [-0.39, 0.29) is 5.91 Å². The van der Waals surface area contributed by atoms with Crippen molar-refractivity contribution in [2.24, 2.45) is 5.41 Å². The van der Waals surface area contributed by atoms with Crippen LogP contribution in [-0.4, -0.2) is 29.4 Å². The van der Waals surface area contributed by atoms with Gasteiger partial charge in [0, 0.05) is 25.2 Å². The van der Waals surface area contributed by atoms with Gasteiger partial charge in [0.2, 0.25) is 11.8 Å². The van der Waals surface area contributed by atoms with Gasteiger partial charge in [-0.15, -0.1) is 0 Å². The van der Waals surface area contributed by atoms with Crippen LogP contribution in [0.25, 0.3) is 0 Å². The number of carboxylic acid groups (broad SMARTS) is 1. The lowest BCUT2D eigenvalue weighted by atomic mass is 10.1. The normalized spacial score (nSPS) is 19.1. The average molecular weight is 302 g/mol. The van der Waals surface area contributed by atoms with Crippen LogP contribution < -0.4 is 10.2 Å². The van der Waals surface area contributed by atoms with E-state index in [1.165, 1.54) is 0 Å². The molecule has 2 amide bonds. The molecule has 1 aliphatic heterocycles. The van der Waals surface area contributed by atoms with Gasteiger partial charge < -0.3 is 15.3 Å². The van der Waals surface area contributed by atoms with E-state index in [1.54, 1.807) is 4.90 Å². The van der Waals surface area contributed by atoms with Gasteiger partial charge >= 0.3 is 5.97 Å². The van der Waals surface area contributed by atoms with Gasteiger partial charge in [0.15, 0.2) is 0 Å². The zero-order valence-corrected chi connectivity index (χ0v) is 12.2. The molecular formula is C16H18N2O4. The molecule has 2 N–H and O–H groups in total. The Labute approximate surface area is 128 Å². The van der Waals surface area contributed by atoms with Crippen LogP contribution in [-0.2, 0) is 20.9 Å². The van der Waals surface area contributed by atoms with E-state index in [2.05, 4.69) is 5.32 Å². The van der Waals surface area contributed by atoms with Crippen molar-refractivity contribution in [1.82, 2.24) is 5.32 Å². The van der Waals surface area contributed by atoms with Gasteiger partial charge in [-0.05, 0) is 37.0 Å². The molecule has 116 valence electrons. The van der Waals surface area contributed by atoms with Gasteiger partial charge in [-0.1, -0.05) is 12.1 Å². The van der Waals surface area contributed by atoms with Crippen molar-refractivity contribution >= 4 is 23.5 Å². The lowest BCUT2D eigenvalue weighted by Gasteiger charge is -2.16. The summed E-state index contributed by atoms with van der Waals surface area (Å²) >= 11 is 0. The Kier molecular flexibility index (Phi) is 3.60. The second-order valence-corrected chi connectivity index (χ2v) is 5.89. The molecule has 2 fully saturated rings. The number of nitrogens with zero attached hydrogens (tertiary/aromatic N) is 1. The molecule has 1 saturated carbocycles. The lowest BCUT2D eigenvalue weighted by molar-refractivity contribution is -0.149. The number of benzene rings is 1. The van der Waals surface area contributed by atoms with E-state index < -0.39 is 17.3 Å². The van der Waals surface area contributed by atoms with Crippen LogP contribution in [0.15, 0.2) is 24.3 Å². The molecule has 1 aromatic carbocycles. The molecule has 1 aliphatic carbocycles. The molecule has 0 aromatic heterocycles. The topological polar surface area (TPSA) is 86.7 Å². The monoisotopic (exact) mass is 302 g/mol. The first kappa shape index (κ1) is 14.6. The molecule has 1 saturated heterocycles. The number of aliphatic carboxylic acids is 1. The number of carbonyl (C=O) groups is 3. The molecule has 0 unspecified atom stereocenters. The van der Waals surface area contributed by atoms with Gasteiger partial charge in [0.05, 0.1) is 0 Å². The van der Waals surface area contributed by atoms with Crippen molar-refractivity contribution in [3.8, 4) is 0 Å². The summed E-state index contributed by atoms with van der Waals surface area (Å²) in [5.41, 5.74) is 0.536. The summed E-state index contributed by atoms with van der Waals surface area (Å²) in [4.78, 5) is 36.4. The second-order valence-electron chi connectivity index (χ2n) is 5.89. The molecule has 6 nitrogen and oxygen atoms in total. The first-order valence-corrected chi connectivity index (χ1v) is 7.44. The Hall–Kier alpha value is -2.37. The maximum atomic E-state index is 11.9. The molecule has 0 spiro atoms. The Morgan fingerprint density at radius 2 is 1.91 bits per heavy atom. The molecule has 6 heteroatoms. The third-order valence-electron chi connectivity index (χ3n) is 4.37. The van der Waals surface area contributed by atoms with E-state index in [0.717, 1.165) is 24.2 Å². The number of anilines is 1. The predicted octanol–water partition coefficient (Wildman–Crippen LogP) is 1.29. The zero-order valence-electron chi connectivity index (χ0n) is 12.2. The Morgan fingerprint density at radius 1 is 1.23 bits per heavy atom. The molecule has 1 heterocycles. The van der Waals surface area contributed by atoms with Crippen molar-refractivity contribution in [2.45, 2.75) is 32.2 Å². The molecule has 3 rings (SSSR count). The fourth-order valence-corrected chi connectivity index (χ4v) is 2.73. The van der Waals surface area contributed by atoms with E-state index in [1.807, 2.05) is 24.3 Å². The van der Waals surface area contributed by atoms with Gasteiger partial charge in [0.25, 0.3) is 0 Å². The summed E-state index contributed by atoms with van der Waals surface area (Å²) in [6.45, 7) is 1.04. The molecule has 0 bridgehead atoms. The highest BCUT2D eigenvalue weighted by Crippen LogP contribution is 2.46. The minimum Gasteiger partial charge on any atom is -0.480 e. The van der Waals surface area contributed by atoms with Crippen LogP contribution in [0.4, 0.5) is 5.69 Å². The van der Waals surface area contributed by atoms with Crippen molar-refractivity contribution in [1.29, 1.82) is 0 Å². The van der Waals surface area contributed by atoms with Crippen LogP contribution in [0, 0.1) is 5.41 Å². The number of nitrogens with one attached hydrogen (secondary N) is 1. The van der Waals surface area contributed by atoms with E-state index in [4.69, 9.17) is 5.11 Å². The fraction of sp³-hybridized carbons (Fsp3) is 0.438. The smallest absolute Gasteiger partial charge is 0.319 e. The molecule has 2 aliphatic rings. The Balaban J connectivity index is 1.59. The van der Waals surface area contributed by atoms with E-state index in [9.17, 15) is 14.4 Å². The van der Waals surface area contributed by atoms with Crippen LogP contribution >= 0.6 is 0 Å². The SMILES string of the molecule is O=C1CCCN1c1ccc(CNC(=O)C2(C(=O)O)CC2)cc1. The van der Waals surface area contributed by atoms with Crippen LogP contribution in [0.5, 0.6) is 0 Å². The third kappa shape index (κ3) is 2.56. The Bertz CT molecular complexity index is 620. The molecule has 22 heavy (non-hydrogen) atoms.